The van der Waals surface area contributed by atoms with Crippen LogP contribution >= 0.6 is 0 Å². The second kappa shape index (κ2) is 12.9. The number of aromatic nitrogens is 1. The molecule has 0 bridgehead atoms. The van der Waals surface area contributed by atoms with Crippen LogP contribution in [0.4, 0.5) is 17.2 Å². The lowest BCUT2D eigenvalue weighted by Gasteiger charge is -2.41. The van der Waals surface area contributed by atoms with E-state index in [9.17, 15) is 0 Å². The molecule has 0 N–H and O–H groups in total. The van der Waals surface area contributed by atoms with Crippen molar-refractivity contribution in [1.29, 1.82) is 0 Å². The minimum absolute atomic E-state index is 0.0189. The fraction of sp³-hybridized carbons (Fsp3) is 0.362. The molecule has 268 valence electrons. The summed E-state index contributed by atoms with van der Waals surface area (Å²) in [6.45, 7) is 25.2. The van der Waals surface area contributed by atoms with Gasteiger partial charge in [0.2, 0.25) is 5.90 Å². The molecule has 0 unspecified atom stereocenters. The van der Waals surface area contributed by atoms with Crippen molar-refractivity contribution in [3.63, 3.8) is 0 Å². The maximum Gasteiger partial charge on any atom is 0.216 e. The van der Waals surface area contributed by atoms with Crippen LogP contribution in [0.3, 0.4) is 0 Å². The summed E-state index contributed by atoms with van der Waals surface area (Å²) in [4.78, 5) is 12.2. The van der Waals surface area contributed by atoms with E-state index in [2.05, 4.69) is 172 Å². The summed E-state index contributed by atoms with van der Waals surface area (Å²) in [6, 6.07) is 32.7. The van der Waals surface area contributed by atoms with E-state index in [1.54, 1.807) is 0 Å². The standard InChI is InChI=1S/C47H53N3O2/c1-29(2)36-15-14-16-37(30(3)4)43(36)31-23-32(44-49-46(8,9)28-51-44)25-35(24-31)52-34-19-20-39-41(27-34)50(40-18-13-12-17-38(40)47(39,10)11)42-26-33(21-22-48-42)45(5,6)7/h12-27,29-30H,28H2,1-11H3. The predicted octanol–water partition coefficient (Wildman–Crippen LogP) is 12.7. The van der Waals surface area contributed by atoms with Crippen LogP contribution in [0.15, 0.2) is 102 Å². The molecule has 0 atom stereocenters. The van der Waals surface area contributed by atoms with Gasteiger partial charge >= 0.3 is 0 Å². The molecule has 0 saturated heterocycles. The van der Waals surface area contributed by atoms with Crippen LogP contribution < -0.4 is 9.64 Å². The van der Waals surface area contributed by atoms with Gasteiger partial charge in [-0.05, 0) is 113 Å². The highest BCUT2D eigenvalue weighted by atomic mass is 16.5. The SMILES string of the molecule is CC(C)c1cccc(C(C)C)c1-c1cc(Oc2ccc3c(c2)N(c2cc(C(C)(C)C)ccn2)c2ccccc2C3(C)C)cc(C2=NC(C)(C)CO2)c1. The lowest BCUT2D eigenvalue weighted by atomic mass is 9.73. The number of anilines is 3. The summed E-state index contributed by atoms with van der Waals surface area (Å²) in [6.07, 6.45) is 1.93. The third-order valence-corrected chi connectivity index (χ3v) is 10.6. The van der Waals surface area contributed by atoms with Crippen LogP contribution in [0, 0.1) is 0 Å². The normalized spacial score (nSPS) is 16.0. The van der Waals surface area contributed by atoms with Gasteiger partial charge in [-0.15, -0.1) is 0 Å². The fourth-order valence-electron chi connectivity index (χ4n) is 7.69. The second-order valence-electron chi connectivity index (χ2n) is 17.3. The van der Waals surface area contributed by atoms with E-state index in [0.717, 1.165) is 39.8 Å². The van der Waals surface area contributed by atoms with E-state index >= 15 is 0 Å². The zero-order chi connectivity index (χ0) is 37.2. The van der Waals surface area contributed by atoms with Gasteiger partial charge < -0.3 is 9.47 Å². The number of pyridine rings is 1. The third kappa shape index (κ3) is 6.51. The van der Waals surface area contributed by atoms with Gasteiger partial charge in [-0.1, -0.05) is 105 Å². The predicted molar refractivity (Wildman–Crippen MR) is 216 cm³/mol. The topological polar surface area (TPSA) is 47.0 Å². The first-order chi connectivity index (χ1) is 24.5. The highest BCUT2D eigenvalue weighted by Gasteiger charge is 2.38. The molecule has 52 heavy (non-hydrogen) atoms. The number of rotatable bonds is 7. The number of hydrogen-bond acceptors (Lipinski definition) is 5. The van der Waals surface area contributed by atoms with Crippen molar-refractivity contribution < 1.29 is 9.47 Å². The van der Waals surface area contributed by atoms with Crippen molar-refractivity contribution in [2.24, 2.45) is 4.99 Å². The van der Waals surface area contributed by atoms with Gasteiger partial charge in [0.15, 0.2) is 0 Å². The number of benzene rings is 4. The van der Waals surface area contributed by atoms with E-state index < -0.39 is 0 Å². The second-order valence-corrected chi connectivity index (χ2v) is 17.3. The summed E-state index contributed by atoms with van der Waals surface area (Å²) in [5.41, 5.74) is 11.3. The van der Waals surface area contributed by atoms with Crippen molar-refractivity contribution in [2.45, 2.75) is 104 Å². The first-order valence-corrected chi connectivity index (χ1v) is 18.7. The van der Waals surface area contributed by atoms with Crippen molar-refractivity contribution in [2.75, 3.05) is 11.5 Å². The Hall–Kier alpha value is -4.90. The molecule has 4 aromatic carbocycles. The maximum absolute atomic E-state index is 6.92. The van der Waals surface area contributed by atoms with Gasteiger partial charge in [-0.2, -0.15) is 0 Å². The molecule has 0 spiro atoms. The zero-order valence-corrected chi connectivity index (χ0v) is 32.8. The van der Waals surface area contributed by atoms with Gasteiger partial charge in [0, 0.05) is 23.2 Å². The Morgan fingerprint density at radius 1 is 0.712 bits per heavy atom. The van der Waals surface area contributed by atoms with Gasteiger partial charge in [0.25, 0.3) is 0 Å². The number of hydrogen-bond donors (Lipinski definition) is 0. The number of fused-ring (bicyclic) bond motifs is 2. The first-order valence-electron chi connectivity index (χ1n) is 18.7. The Morgan fingerprint density at radius 3 is 2.04 bits per heavy atom. The molecule has 0 radical (unpaired) electrons. The lowest BCUT2D eigenvalue weighted by Crippen LogP contribution is -2.31. The van der Waals surface area contributed by atoms with Gasteiger partial charge in [0.05, 0.1) is 16.9 Å². The van der Waals surface area contributed by atoms with Gasteiger partial charge in [-0.25, -0.2) is 9.98 Å². The van der Waals surface area contributed by atoms with E-state index in [1.807, 2.05) is 6.20 Å². The Morgan fingerprint density at radius 2 is 1.38 bits per heavy atom. The highest BCUT2D eigenvalue weighted by molar-refractivity contribution is 5.97. The van der Waals surface area contributed by atoms with Gasteiger partial charge in [0.1, 0.15) is 23.9 Å². The molecule has 0 saturated carbocycles. The summed E-state index contributed by atoms with van der Waals surface area (Å²) < 4.78 is 13.1. The highest BCUT2D eigenvalue weighted by Crippen LogP contribution is 2.53. The molecular formula is C47H53N3O2. The average Bonchev–Trinajstić information content (AvgIpc) is 3.47. The molecule has 0 aliphatic carbocycles. The molecule has 2 aliphatic heterocycles. The van der Waals surface area contributed by atoms with Crippen molar-refractivity contribution in [3.05, 3.63) is 131 Å². The minimum Gasteiger partial charge on any atom is -0.475 e. The van der Waals surface area contributed by atoms with E-state index in [0.29, 0.717) is 24.3 Å². The quantitative estimate of drug-likeness (QED) is 0.170. The molecule has 3 heterocycles. The van der Waals surface area contributed by atoms with Crippen LogP contribution in [-0.4, -0.2) is 23.0 Å². The summed E-state index contributed by atoms with van der Waals surface area (Å²) >= 11 is 0. The van der Waals surface area contributed by atoms with E-state index in [4.69, 9.17) is 19.5 Å². The Balaban J connectivity index is 1.39. The maximum atomic E-state index is 6.92. The van der Waals surface area contributed by atoms with Crippen LogP contribution in [0.25, 0.3) is 11.1 Å². The lowest BCUT2D eigenvalue weighted by molar-refractivity contribution is 0.279. The van der Waals surface area contributed by atoms with Crippen LogP contribution in [0.1, 0.15) is 121 Å². The largest absolute Gasteiger partial charge is 0.475 e. The number of para-hydroxylation sites is 1. The monoisotopic (exact) mass is 691 g/mol. The fourth-order valence-corrected chi connectivity index (χ4v) is 7.69. The Bertz CT molecular complexity index is 2160. The number of ether oxygens (including phenoxy) is 2. The molecule has 1 aromatic heterocycles. The van der Waals surface area contributed by atoms with Crippen LogP contribution in [-0.2, 0) is 15.6 Å². The molecule has 5 aromatic rings. The zero-order valence-electron chi connectivity index (χ0n) is 32.8. The molecule has 0 amide bonds. The summed E-state index contributed by atoms with van der Waals surface area (Å²) in [5, 5.41) is 0. The van der Waals surface area contributed by atoms with Crippen molar-refractivity contribution >= 4 is 23.1 Å². The Kier molecular flexibility index (Phi) is 8.84. The molecule has 2 aliphatic rings. The average molecular weight is 692 g/mol. The Labute approximate surface area is 310 Å². The first kappa shape index (κ1) is 35.5. The van der Waals surface area contributed by atoms with Crippen molar-refractivity contribution in [1.82, 2.24) is 4.98 Å². The van der Waals surface area contributed by atoms with Crippen molar-refractivity contribution in [3.8, 4) is 22.6 Å². The molecular weight excluding hydrogens is 639 g/mol. The van der Waals surface area contributed by atoms with E-state index in [1.165, 1.54) is 33.4 Å². The van der Waals surface area contributed by atoms with Crippen LogP contribution in [0.2, 0.25) is 0 Å². The van der Waals surface area contributed by atoms with Crippen LogP contribution in [0.5, 0.6) is 11.5 Å². The molecule has 5 nitrogen and oxygen atoms in total. The summed E-state index contributed by atoms with van der Waals surface area (Å²) in [7, 11) is 0. The summed E-state index contributed by atoms with van der Waals surface area (Å²) in [5.74, 6) is 3.75. The van der Waals surface area contributed by atoms with E-state index in [-0.39, 0.29) is 16.4 Å². The minimum atomic E-state index is -0.283. The molecule has 5 heteroatoms. The molecule has 0 fully saturated rings. The van der Waals surface area contributed by atoms with Gasteiger partial charge in [-0.3, -0.25) is 4.90 Å². The molecule has 7 rings (SSSR count). The number of aliphatic imine (C=N–C) groups is 1. The smallest absolute Gasteiger partial charge is 0.216 e. The third-order valence-electron chi connectivity index (χ3n) is 10.6. The number of nitrogens with zero attached hydrogens (tertiary/aromatic N) is 3.